The molecule has 1 aliphatic heterocycles. The zero-order chi connectivity index (χ0) is 17.6. The van der Waals surface area contributed by atoms with Crippen LogP contribution >= 0.6 is 0 Å². The van der Waals surface area contributed by atoms with Crippen LogP contribution < -0.4 is 4.31 Å². The molecule has 2 aromatic rings. The van der Waals surface area contributed by atoms with E-state index in [1.165, 1.54) is 24.1 Å². The summed E-state index contributed by atoms with van der Waals surface area (Å²) < 4.78 is 40.6. The number of anilines is 1. The number of hydrogen-bond acceptors (Lipinski definition) is 4. The van der Waals surface area contributed by atoms with E-state index in [4.69, 9.17) is 0 Å². The second-order valence-electron chi connectivity index (χ2n) is 5.55. The molecule has 0 atom stereocenters. The van der Waals surface area contributed by atoms with Crippen LogP contribution in [0.3, 0.4) is 0 Å². The molecule has 3 rings (SSSR count). The van der Waals surface area contributed by atoms with Gasteiger partial charge in [-0.1, -0.05) is 6.07 Å². The van der Waals surface area contributed by atoms with E-state index in [0.29, 0.717) is 11.1 Å². The fourth-order valence-corrected chi connectivity index (χ4v) is 4.14. The van der Waals surface area contributed by atoms with Gasteiger partial charge in [-0.05, 0) is 24.3 Å². The summed E-state index contributed by atoms with van der Waals surface area (Å²) in [5, 5.41) is 9.51. The molecular weight excluding hydrogens is 335 g/mol. The number of halogens is 1. The topological polar surface area (TPSA) is 77.9 Å². The lowest BCUT2D eigenvalue weighted by Crippen LogP contribution is -2.28. The molecule has 1 amide bonds. The summed E-state index contributed by atoms with van der Waals surface area (Å²) in [6.07, 6.45) is 0. The van der Waals surface area contributed by atoms with Crippen molar-refractivity contribution in [2.24, 2.45) is 0 Å². The molecule has 126 valence electrons. The van der Waals surface area contributed by atoms with Gasteiger partial charge in [-0.25, -0.2) is 12.8 Å². The highest BCUT2D eigenvalue weighted by molar-refractivity contribution is 7.92. The minimum absolute atomic E-state index is 0.0528. The molecule has 0 aliphatic carbocycles. The van der Waals surface area contributed by atoms with Gasteiger partial charge in [0.15, 0.2) is 0 Å². The largest absolute Gasteiger partial charge is 0.508 e. The van der Waals surface area contributed by atoms with Gasteiger partial charge in [-0.2, -0.15) is 0 Å². The highest BCUT2D eigenvalue weighted by Gasteiger charge is 2.33. The second kappa shape index (κ2) is 5.48. The van der Waals surface area contributed by atoms with E-state index in [-0.39, 0.29) is 28.8 Å². The van der Waals surface area contributed by atoms with Crippen molar-refractivity contribution >= 4 is 21.6 Å². The molecular formula is C16H15FN2O4S. The zero-order valence-corrected chi connectivity index (χ0v) is 13.8. The van der Waals surface area contributed by atoms with Crippen molar-refractivity contribution in [2.45, 2.75) is 11.4 Å². The molecule has 1 aliphatic rings. The van der Waals surface area contributed by atoms with E-state index < -0.39 is 15.8 Å². The van der Waals surface area contributed by atoms with Gasteiger partial charge in [0.2, 0.25) is 0 Å². The van der Waals surface area contributed by atoms with Gasteiger partial charge in [0, 0.05) is 37.8 Å². The van der Waals surface area contributed by atoms with E-state index in [0.717, 1.165) is 22.5 Å². The summed E-state index contributed by atoms with van der Waals surface area (Å²) in [7, 11) is -1.32. The molecule has 8 heteroatoms. The first-order valence-corrected chi connectivity index (χ1v) is 8.52. The molecule has 2 aromatic carbocycles. The Labute approximate surface area is 138 Å². The van der Waals surface area contributed by atoms with Crippen LogP contribution in [-0.2, 0) is 16.6 Å². The van der Waals surface area contributed by atoms with Crippen molar-refractivity contribution in [1.29, 1.82) is 0 Å². The van der Waals surface area contributed by atoms with Gasteiger partial charge in [0.1, 0.15) is 11.6 Å². The number of carbonyl (C=O) groups is 1. The van der Waals surface area contributed by atoms with E-state index in [9.17, 15) is 22.7 Å². The third-order valence-corrected chi connectivity index (χ3v) is 5.87. The van der Waals surface area contributed by atoms with Gasteiger partial charge in [-0.3, -0.25) is 9.10 Å². The lowest BCUT2D eigenvalue weighted by atomic mass is 10.1. The minimum atomic E-state index is -4.10. The van der Waals surface area contributed by atoms with Crippen molar-refractivity contribution in [1.82, 2.24) is 4.90 Å². The fraction of sp³-hybridized carbons (Fsp3) is 0.188. The Hall–Kier alpha value is -2.61. The maximum Gasteiger partial charge on any atom is 0.264 e. The molecule has 0 radical (unpaired) electrons. The predicted octanol–water partition coefficient (Wildman–Crippen LogP) is 1.94. The third-order valence-electron chi connectivity index (χ3n) is 4.01. The van der Waals surface area contributed by atoms with Gasteiger partial charge in [0.05, 0.1) is 10.6 Å². The summed E-state index contributed by atoms with van der Waals surface area (Å²) in [4.78, 5) is 13.4. The van der Waals surface area contributed by atoms with E-state index in [1.54, 1.807) is 13.1 Å². The Morgan fingerprint density at radius 2 is 1.96 bits per heavy atom. The normalized spacial score (nSPS) is 14.0. The first-order chi connectivity index (χ1) is 11.2. The zero-order valence-electron chi connectivity index (χ0n) is 13.0. The Balaban J connectivity index is 2.13. The average molecular weight is 350 g/mol. The Morgan fingerprint density at radius 1 is 1.25 bits per heavy atom. The number of aromatic hydroxyl groups is 1. The molecule has 6 nitrogen and oxygen atoms in total. The quantitative estimate of drug-likeness (QED) is 0.918. The smallest absolute Gasteiger partial charge is 0.264 e. The predicted molar refractivity (Wildman–Crippen MR) is 85.9 cm³/mol. The van der Waals surface area contributed by atoms with Crippen LogP contribution in [-0.4, -0.2) is 38.4 Å². The first-order valence-electron chi connectivity index (χ1n) is 7.08. The third kappa shape index (κ3) is 2.39. The first kappa shape index (κ1) is 16.3. The van der Waals surface area contributed by atoms with Gasteiger partial charge < -0.3 is 10.0 Å². The number of phenols is 1. The standard InChI is InChI=1S/C16H15FN2O4S/c1-18-9-12-11(16(18)21)4-3-5-15(12)24(22,23)19(2)14-8-10(20)6-7-13(14)17/h3-8,20H,9H2,1-2H3. The molecule has 0 saturated heterocycles. The SMILES string of the molecule is CN1Cc2c(cccc2S(=O)(=O)N(C)c2cc(O)ccc2F)C1=O. The lowest BCUT2D eigenvalue weighted by Gasteiger charge is -2.21. The summed E-state index contributed by atoms with van der Waals surface area (Å²) in [5.74, 6) is -1.28. The maximum atomic E-state index is 14.0. The van der Waals surface area contributed by atoms with Crippen LogP contribution in [0.15, 0.2) is 41.3 Å². The van der Waals surface area contributed by atoms with Crippen molar-refractivity contribution in [3.63, 3.8) is 0 Å². The summed E-state index contributed by atoms with van der Waals surface area (Å²) in [5.41, 5.74) is 0.436. The maximum absolute atomic E-state index is 14.0. The highest BCUT2D eigenvalue weighted by atomic mass is 32.2. The number of carbonyl (C=O) groups excluding carboxylic acids is 1. The molecule has 0 spiro atoms. The molecule has 24 heavy (non-hydrogen) atoms. The molecule has 0 fully saturated rings. The number of rotatable bonds is 3. The molecule has 0 aromatic heterocycles. The number of sulfonamides is 1. The van der Waals surface area contributed by atoms with E-state index in [1.807, 2.05) is 0 Å². The molecule has 1 heterocycles. The second-order valence-corrected chi connectivity index (χ2v) is 7.49. The van der Waals surface area contributed by atoms with Crippen LogP contribution in [0.25, 0.3) is 0 Å². The number of amides is 1. The van der Waals surface area contributed by atoms with Crippen molar-refractivity contribution < 1.29 is 22.7 Å². The monoisotopic (exact) mass is 350 g/mol. The van der Waals surface area contributed by atoms with E-state index >= 15 is 0 Å². The molecule has 0 bridgehead atoms. The molecule has 0 unspecified atom stereocenters. The number of hydrogen-bond donors (Lipinski definition) is 1. The van der Waals surface area contributed by atoms with Crippen LogP contribution in [0, 0.1) is 5.82 Å². The molecule has 0 saturated carbocycles. The summed E-state index contributed by atoms with van der Waals surface area (Å²) in [6.45, 7) is 0.167. The Bertz CT molecular complexity index is 943. The van der Waals surface area contributed by atoms with Crippen molar-refractivity contribution in [3.8, 4) is 5.75 Å². The minimum Gasteiger partial charge on any atom is -0.508 e. The van der Waals surface area contributed by atoms with Crippen molar-refractivity contribution in [2.75, 3.05) is 18.4 Å². The van der Waals surface area contributed by atoms with Crippen LogP contribution in [0.4, 0.5) is 10.1 Å². The fourth-order valence-electron chi connectivity index (χ4n) is 2.70. The van der Waals surface area contributed by atoms with Crippen LogP contribution in [0.5, 0.6) is 5.75 Å². The van der Waals surface area contributed by atoms with Crippen molar-refractivity contribution in [3.05, 3.63) is 53.3 Å². The van der Waals surface area contributed by atoms with Gasteiger partial charge in [-0.15, -0.1) is 0 Å². The number of benzene rings is 2. The van der Waals surface area contributed by atoms with Gasteiger partial charge in [0.25, 0.3) is 15.9 Å². The lowest BCUT2D eigenvalue weighted by molar-refractivity contribution is 0.0816. The van der Waals surface area contributed by atoms with Crippen LogP contribution in [0.1, 0.15) is 15.9 Å². The van der Waals surface area contributed by atoms with E-state index in [2.05, 4.69) is 0 Å². The number of nitrogens with zero attached hydrogens (tertiary/aromatic N) is 2. The number of phenolic OH excluding ortho intramolecular Hbond substituents is 1. The Kier molecular flexibility index (Phi) is 3.71. The highest BCUT2D eigenvalue weighted by Crippen LogP contribution is 2.33. The van der Waals surface area contributed by atoms with Crippen LogP contribution in [0.2, 0.25) is 0 Å². The summed E-state index contributed by atoms with van der Waals surface area (Å²) >= 11 is 0. The average Bonchev–Trinajstić information content (AvgIpc) is 2.84. The summed E-state index contributed by atoms with van der Waals surface area (Å²) in [6, 6.07) is 7.59. The molecule has 1 N–H and O–H groups in total. The number of fused-ring (bicyclic) bond motifs is 1. The van der Waals surface area contributed by atoms with Gasteiger partial charge >= 0.3 is 0 Å². The Morgan fingerprint density at radius 3 is 2.67 bits per heavy atom.